The quantitative estimate of drug-likeness (QED) is 0.742. The molecular formula is C16H23Cl2N3O3. The SMILES string of the molecule is CNCCNC(=O)C1CCCN1C(=O)c1cc(Cl)ccc1OC.Cl. The fraction of sp³-hybridized carbons (Fsp3) is 0.500. The van der Waals surface area contributed by atoms with E-state index in [4.69, 9.17) is 16.3 Å². The van der Waals surface area contributed by atoms with E-state index >= 15 is 0 Å². The topological polar surface area (TPSA) is 70.7 Å². The summed E-state index contributed by atoms with van der Waals surface area (Å²) in [5, 5.41) is 6.28. The molecule has 1 unspecified atom stereocenters. The average Bonchev–Trinajstić information content (AvgIpc) is 3.04. The molecule has 0 bridgehead atoms. The van der Waals surface area contributed by atoms with Crippen LogP contribution in [0.15, 0.2) is 18.2 Å². The first-order chi connectivity index (χ1) is 11.1. The zero-order valence-corrected chi connectivity index (χ0v) is 15.4. The third-order valence-electron chi connectivity index (χ3n) is 3.88. The molecule has 24 heavy (non-hydrogen) atoms. The number of carbonyl (C=O) groups excluding carboxylic acids is 2. The highest BCUT2D eigenvalue weighted by atomic mass is 35.5. The fourth-order valence-corrected chi connectivity index (χ4v) is 2.89. The Bertz CT molecular complexity index is 584. The van der Waals surface area contributed by atoms with Gasteiger partial charge < -0.3 is 20.3 Å². The maximum atomic E-state index is 12.8. The van der Waals surface area contributed by atoms with Crippen LogP contribution in [-0.2, 0) is 4.79 Å². The molecule has 2 rings (SSSR count). The highest BCUT2D eigenvalue weighted by Crippen LogP contribution is 2.27. The molecule has 1 aliphatic rings. The van der Waals surface area contributed by atoms with Gasteiger partial charge in [0, 0.05) is 24.7 Å². The van der Waals surface area contributed by atoms with Gasteiger partial charge in [0.1, 0.15) is 11.8 Å². The van der Waals surface area contributed by atoms with Crippen LogP contribution in [0, 0.1) is 0 Å². The number of halogens is 2. The number of rotatable bonds is 6. The number of likely N-dealkylation sites (N-methyl/N-ethyl adjacent to an activating group) is 1. The summed E-state index contributed by atoms with van der Waals surface area (Å²) in [6, 6.07) is 4.47. The molecule has 1 heterocycles. The van der Waals surface area contributed by atoms with E-state index in [9.17, 15) is 9.59 Å². The lowest BCUT2D eigenvalue weighted by molar-refractivity contribution is -0.124. The van der Waals surface area contributed by atoms with E-state index in [-0.39, 0.29) is 24.2 Å². The van der Waals surface area contributed by atoms with E-state index in [1.807, 2.05) is 7.05 Å². The normalized spacial score (nSPS) is 16.5. The second kappa shape index (κ2) is 9.71. The van der Waals surface area contributed by atoms with Crippen LogP contribution in [0.3, 0.4) is 0 Å². The van der Waals surface area contributed by atoms with Crippen LogP contribution >= 0.6 is 24.0 Å². The van der Waals surface area contributed by atoms with Gasteiger partial charge in [-0.15, -0.1) is 12.4 Å². The Morgan fingerprint density at radius 1 is 1.38 bits per heavy atom. The van der Waals surface area contributed by atoms with Crippen molar-refractivity contribution in [3.63, 3.8) is 0 Å². The first-order valence-electron chi connectivity index (χ1n) is 7.65. The molecule has 1 aromatic rings. The molecule has 8 heteroatoms. The molecule has 0 aliphatic carbocycles. The Hall–Kier alpha value is -1.50. The van der Waals surface area contributed by atoms with Gasteiger partial charge in [-0.05, 0) is 38.1 Å². The Labute approximate surface area is 153 Å². The minimum Gasteiger partial charge on any atom is -0.496 e. The van der Waals surface area contributed by atoms with Gasteiger partial charge >= 0.3 is 0 Å². The number of carbonyl (C=O) groups is 2. The number of hydrogen-bond donors (Lipinski definition) is 2. The van der Waals surface area contributed by atoms with Crippen LogP contribution in [0.2, 0.25) is 5.02 Å². The van der Waals surface area contributed by atoms with E-state index in [2.05, 4.69) is 10.6 Å². The largest absolute Gasteiger partial charge is 0.496 e. The molecule has 1 atom stereocenters. The van der Waals surface area contributed by atoms with Crippen molar-refractivity contribution in [1.82, 2.24) is 15.5 Å². The molecule has 1 saturated heterocycles. The first-order valence-corrected chi connectivity index (χ1v) is 8.03. The second-order valence-corrected chi connectivity index (χ2v) is 5.83. The lowest BCUT2D eigenvalue weighted by Gasteiger charge is -2.24. The van der Waals surface area contributed by atoms with Gasteiger partial charge in [0.2, 0.25) is 5.91 Å². The van der Waals surface area contributed by atoms with Gasteiger partial charge in [-0.1, -0.05) is 11.6 Å². The van der Waals surface area contributed by atoms with E-state index < -0.39 is 6.04 Å². The summed E-state index contributed by atoms with van der Waals surface area (Å²) in [6.07, 6.45) is 1.47. The van der Waals surface area contributed by atoms with Crippen molar-refractivity contribution in [2.45, 2.75) is 18.9 Å². The third-order valence-corrected chi connectivity index (χ3v) is 4.12. The fourth-order valence-electron chi connectivity index (χ4n) is 2.71. The Morgan fingerprint density at radius 3 is 2.79 bits per heavy atom. The van der Waals surface area contributed by atoms with Crippen molar-refractivity contribution in [3.8, 4) is 5.75 Å². The molecule has 134 valence electrons. The lowest BCUT2D eigenvalue weighted by Crippen LogP contribution is -2.47. The highest BCUT2D eigenvalue weighted by molar-refractivity contribution is 6.31. The van der Waals surface area contributed by atoms with Gasteiger partial charge in [-0.3, -0.25) is 9.59 Å². The molecule has 0 saturated carbocycles. The molecule has 1 aliphatic heterocycles. The van der Waals surface area contributed by atoms with E-state index in [1.165, 1.54) is 7.11 Å². The van der Waals surface area contributed by atoms with Gasteiger partial charge in [-0.2, -0.15) is 0 Å². The van der Waals surface area contributed by atoms with Gasteiger partial charge in [0.15, 0.2) is 0 Å². The van der Waals surface area contributed by atoms with Crippen molar-refractivity contribution >= 4 is 35.8 Å². The molecule has 2 amide bonds. The third kappa shape index (κ3) is 4.75. The van der Waals surface area contributed by atoms with Crippen LogP contribution in [0.1, 0.15) is 23.2 Å². The summed E-state index contributed by atoms with van der Waals surface area (Å²) in [7, 11) is 3.33. The molecule has 6 nitrogen and oxygen atoms in total. The van der Waals surface area contributed by atoms with E-state index in [1.54, 1.807) is 23.1 Å². The van der Waals surface area contributed by atoms with Crippen molar-refractivity contribution in [2.75, 3.05) is 33.8 Å². The zero-order valence-electron chi connectivity index (χ0n) is 13.8. The molecule has 0 radical (unpaired) electrons. The molecular weight excluding hydrogens is 353 g/mol. The van der Waals surface area contributed by atoms with Crippen LogP contribution in [-0.4, -0.2) is 56.5 Å². The lowest BCUT2D eigenvalue weighted by atomic mass is 10.1. The van der Waals surface area contributed by atoms with E-state index in [0.717, 1.165) is 6.42 Å². The van der Waals surface area contributed by atoms with Crippen LogP contribution < -0.4 is 15.4 Å². The Morgan fingerprint density at radius 2 is 2.12 bits per heavy atom. The molecule has 0 spiro atoms. The van der Waals surface area contributed by atoms with Crippen molar-refractivity contribution in [2.24, 2.45) is 0 Å². The summed E-state index contributed by atoms with van der Waals surface area (Å²) in [6.45, 7) is 1.78. The maximum absolute atomic E-state index is 12.8. The minimum atomic E-state index is -0.442. The first kappa shape index (κ1) is 20.5. The number of ether oxygens (including phenoxy) is 1. The number of benzene rings is 1. The number of nitrogens with zero attached hydrogens (tertiary/aromatic N) is 1. The zero-order chi connectivity index (χ0) is 16.8. The van der Waals surface area contributed by atoms with Crippen molar-refractivity contribution in [3.05, 3.63) is 28.8 Å². The number of hydrogen-bond acceptors (Lipinski definition) is 4. The molecule has 1 aromatic carbocycles. The van der Waals surface area contributed by atoms with Gasteiger partial charge in [0.05, 0.1) is 12.7 Å². The van der Waals surface area contributed by atoms with Crippen LogP contribution in [0.5, 0.6) is 5.75 Å². The summed E-state index contributed by atoms with van der Waals surface area (Å²) < 4.78 is 5.24. The van der Waals surface area contributed by atoms with Gasteiger partial charge in [-0.25, -0.2) is 0 Å². The number of amides is 2. The van der Waals surface area contributed by atoms with Crippen LogP contribution in [0.4, 0.5) is 0 Å². The molecule has 2 N–H and O–H groups in total. The predicted octanol–water partition coefficient (Wildman–Crippen LogP) is 1.71. The average molecular weight is 376 g/mol. The summed E-state index contributed by atoms with van der Waals surface area (Å²) in [5.41, 5.74) is 0.384. The Balaban J connectivity index is 0.00000288. The number of nitrogens with one attached hydrogen (secondary N) is 2. The van der Waals surface area contributed by atoms with Gasteiger partial charge in [0.25, 0.3) is 5.91 Å². The maximum Gasteiger partial charge on any atom is 0.258 e. The monoisotopic (exact) mass is 375 g/mol. The van der Waals surface area contributed by atoms with Crippen molar-refractivity contribution < 1.29 is 14.3 Å². The summed E-state index contributed by atoms with van der Waals surface area (Å²) in [4.78, 5) is 26.7. The molecule has 1 fully saturated rings. The minimum absolute atomic E-state index is 0. The molecule has 0 aromatic heterocycles. The summed E-state index contributed by atoms with van der Waals surface area (Å²) in [5.74, 6) is 0.114. The van der Waals surface area contributed by atoms with Crippen LogP contribution in [0.25, 0.3) is 0 Å². The Kier molecular flexibility index (Phi) is 8.31. The second-order valence-electron chi connectivity index (χ2n) is 5.40. The smallest absolute Gasteiger partial charge is 0.258 e. The summed E-state index contributed by atoms with van der Waals surface area (Å²) >= 11 is 6.00. The standard InChI is InChI=1S/C16H22ClN3O3.ClH/c1-18-7-8-19-15(21)13-4-3-9-20(13)16(22)12-10-11(17)5-6-14(12)23-2;/h5-6,10,13,18H,3-4,7-9H2,1-2H3,(H,19,21);1H. The van der Waals surface area contributed by atoms with Crippen molar-refractivity contribution in [1.29, 1.82) is 0 Å². The predicted molar refractivity (Wildman–Crippen MR) is 96.2 cm³/mol. The highest BCUT2D eigenvalue weighted by Gasteiger charge is 2.35. The van der Waals surface area contributed by atoms with E-state index in [0.29, 0.717) is 42.4 Å². The number of likely N-dealkylation sites (tertiary alicyclic amines) is 1. The number of methoxy groups -OCH3 is 1.